The minimum absolute atomic E-state index is 0.0237. The lowest BCUT2D eigenvalue weighted by molar-refractivity contribution is -0.142. The number of nitrogens with two attached hydrogens (primary N) is 3. The summed E-state index contributed by atoms with van der Waals surface area (Å²) < 4.78 is 5.25. The molecule has 2 fully saturated rings. The first kappa shape index (κ1) is 56.9. The molecular formula is C45H69N11O12S. The van der Waals surface area contributed by atoms with Crippen molar-refractivity contribution in [3.63, 3.8) is 0 Å². The number of hydrogen-bond donors (Lipinski definition) is 10. The zero-order valence-corrected chi connectivity index (χ0v) is 40.7. The standard InChI is InChI=1S/C45H69N11O12S/c1-6-25(4)38-44(66)51-28(15-16-34(46)57)40(62)52-31(21-35(47)58)41(63)54-32(23-69-18-8-10-37(60)50-30(42(64)55-38)20-26-11-13-27(68-5)14-12-26)45(67)56-17-7-9-33(56)43(65)53-29(19-24(2)3)39(61)49-22-36(48)59/h11-14,24-25,28-33,38H,6-10,15-23H2,1-5H3,(H2,46,57)(H2,47,58)(H2,48,59)(H,49,61)(H,50,60)(H,51,66)(H,52,62)(H,53,65)(H,54,63)(H,55,64)/t25-,28?,29-,30-,31-,32-,33-,38-/m0/s1. The molecule has 2 saturated heterocycles. The van der Waals surface area contributed by atoms with Crippen molar-refractivity contribution in [2.45, 2.75) is 134 Å². The van der Waals surface area contributed by atoms with Gasteiger partial charge in [-0.1, -0.05) is 46.2 Å². The first-order valence-corrected chi connectivity index (χ1v) is 24.2. The summed E-state index contributed by atoms with van der Waals surface area (Å²) in [5.41, 5.74) is 16.8. The van der Waals surface area contributed by atoms with E-state index in [2.05, 4.69) is 37.2 Å². The molecule has 2 aliphatic heterocycles. The van der Waals surface area contributed by atoms with Crippen LogP contribution in [0.15, 0.2) is 24.3 Å². The van der Waals surface area contributed by atoms with E-state index in [4.69, 9.17) is 21.9 Å². The predicted molar refractivity (Wildman–Crippen MR) is 253 cm³/mol. The second kappa shape index (κ2) is 28.1. The SMILES string of the molecule is CC[C@H](C)[C@@H]1NC(=O)[C@H](Cc2ccc(OC)cc2)NC(=O)CCCSC[C@@H](C(=O)N2CCC[C@H]2C(=O)N[C@@H](CC(C)C)C(=O)NCC(N)=O)NC(=O)[C@H](CC(N)=O)NC(=O)C(CCC(N)=O)NC1=O. The molecule has 0 bridgehead atoms. The van der Waals surface area contributed by atoms with Gasteiger partial charge in [0.15, 0.2) is 0 Å². The summed E-state index contributed by atoms with van der Waals surface area (Å²) in [6.07, 6.45) is -0.176. The third kappa shape index (κ3) is 18.9. The summed E-state index contributed by atoms with van der Waals surface area (Å²) in [6, 6.07) is -2.40. The average Bonchev–Trinajstić information content (AvgIpc) is 3.79. The largest absolute Gasteiger partial charge is 0.497 e. The molecule has 0 aromatic heterocycles. The molecular weight excluding hydrogens is 919 g/mol. The molecule has 0 aliphatic carbocycles. The van der Waals surface area contributed by atoms with Gasteiger partial charge < -0.3 is 64.1 Å². The number of rotatable bonds is 18. The highest BCUT2D eigenvalue weighted by atomic mass is 32.2. The predicted octanol–water partition coefficient (Wildman–Crippen LogP) is -2.50. The van der Waals surface area contributed by atoms with E-state index in [1.165, 1.54) is 23.8 Å². The zero-order valence-electron chi connectivity index (χ0n) is 39.9. The maximum atomic E-state index is 14.5. The van der Waals surface area contributed by atoms with Crippen LogP contribution in [0.3, 0.4) is 0 Å². The molecule has 13 N–H and O–H groups in total. The van der Waals surface area contributed by atoms with Gasteiger partial charge in [0.1, 0.15) is 48.0 Å². The lowest BCUT2D eigenvalue weighted by atomic mass is 9.96. The van der Waals surface area contributed by atoms with Crippen molar-refractivity contribution in [2.24, 2.45) is 29.0 Å². The number of hydrogen-bond acceptors (Lipinski definition) is 13. The number of nitrogens with zero attached hydrogens (tertiary/aromatic N) is 1. The van der Waals surface area contributed by atoms with Crippen molar-refractivity contribution in [2.75, 3.05) is 31.7 Å². The molecule has 0 radical (unpaired) electrons. The van der Waals surface area contributed by atoms with Crippen molar-refractivity contribution >= 4 is 76.7 Å². The van der Waals surface area contributed by atoms with Gasteiger partial charge in [-0.2, -0.15) is 11.8 Å². The first-order valence-electron chi connectivity index (χ1n) is 23.1. The van der Waals surface area contributed by atoms with Crippen molar-refractivity contribution in [1.82, 2.24) is 42.1 Å². The third-order valence-electron chi connectivity index (χ3n) is 11.6. The molecule has 24 heteroatoms. The van der Waals surface area contributed by atoms with Gasteiger partial charge >= 0.3 is 0 Å². The van der Waals surface area contributed by atoms with Crippen molar-refractivity contribution in [1.29, 1.82) is 0 Å². The third-order valence-corrected chi connectivity index (χ3v) is 12.7. The van der Waals surface area contributed by atoms with Gasteiger partial charge in [0.2, 0.25) is 65.0 Å². The van der Waals surface area contributed by atoms with Gasteiger partial charge in [0, 0.05) is 31.6 Å². The van der Waals surface area contributed by atoms with Crippen LogP contribution in [0.5, 0.6) is 5.75 Å². The number of carbonyl (C=O) groups is 11. The molecule has 1 aromatic rings. The number of carbonyl (C=O) groups excluding carboxylic acids is 11. The summed E-state index contributed by atoms with van der Waals surface area (Å²) in [7, 11) is 1.50. The summed E-state index contributed by atoms with van der Waals surface area (Å²) >= 11 is 1.18. The van der Waals surface area contributed by atoms with Gasteiger partial charge in [-0.15, -0.1) is 0 Å². The highest BCUT2D eigenvalue weighted by molar-refractivity contribution is 7.99. The second-order valence-electron chi connectivity index (χ2n) is 17.6. The maximum absolute atomic E-state index is 14.5. The van der Waals surface area contributed by atoms with E-state index in [9.17, 15) is 52.7 Å². The number of amides is 11. The molecule has 8 atom stereocenters. The molecule has 23 nitrogen and oxygen atoms in total. The maximum Gasteiger partial charge on any atom is 0.246 e. The van der Waals surface area contributed by atoms with Gasteiger partial charge in [0.05, 0.1) is 20.1 Å². The Morgan fingerprint density at radius 3 is 2.07 bits per heavy atom. The van der Waals surface area contributed by atoms with Crippen molar-refractivity contribution in [3.8, 4) is 5.75 Å². The number of benzene rings is 1. The summed E-state index contributed by atoms with van der Waals surface area (Å²) in [6.45, 7) is 6.75. The molecule has 3 rings (SSSR count). The first-order chi connectivity index (χ1) is 32.6. The molecule has 0 saturated carbocycles. The molecule has 11 amide bonds. The van der Waals surface area contributed by atoms with Crippen LogP contribution in [0.25, 0.3) is 0 Å². The topological polar surface area (TPSA) is 363 Å². The van der Waals surface area contributed by atoms with Crippen LogP contribution >= 0.6 is 11.8 Å². The number of ether oxygens (including phenoxy) is 1. The minimum Gasteiger partial charge on any atom is -0.497 e. The lowest BCUT2D eigenvalue weighted by Gasteiger charge is -2.31. The van der Waals surface area contributed by atoms with Crippen LogP contribution in [0.4, 0.5) is 0 Å². The van der Waals surface area contributed by atoms with Crippen LogP contribution in [-0.2, 0) is 59.2 Å². The van der Waals surface area contributed by atoms with Crippen LogP contribution in [-0.4, -0.2) is 144 Å². The number of methoxy groups -OCH3 is 1. The summed E-state index contributed by atoms with van der Waals surface area (Å²) in [4.78, 5) is 148. The monoisotopic (exact) mass is 987 g/mol. The molecule has 1 unspecified atom stereocenters. The fraction of sp³-hybridized carbons (Fsp3) is 0.622. The van der Waals surface area contributed by atoms with Crippen LogP contribution in [0.1, 0.15) is 91.0 Å². The van der Waals surface area contributed by atoms with Crippen LogP contribution in [0, 0.1) is 11.8 Å². The minimum atomic E-state index is -1.71. The fourth-order valence-corrected chi connectivity index (χ4v) is 8.66. The smallest absolute Gasteiger partial charge is 0.246 e. The Balaban J connectivity index is 2.02. The molecule has 69 heavy (non-hydrogen) atoms. The molecule has 2 heterocycles. The van der Waals surface area contributed by atoms with Gasteiger partial charge in [-0.25, -0.2) is 0 Å². The van der Waals surface area contributed by atoms with Gasteiger partial charge in [0.25, 0.3) is 0 Å². The number of nitrogens with one attached hydrogen (secondary N) is 7. The van der Waals surface area contributed by atoms with Crippen molar-refractivity contribution in [3.05, 3.63) is 29.8 Å². The lowest BCUT2D eigenvalue weighted by Crippen LogP contribution is -2.61. The molecule has 382 valence electrons. The quantitative estimate of drug-likeness (QED) is 0.0728. The van der Waals surface area contributed by atoms with E-state index in [1.54, 1.807) is 38.1 Å². The Kier molecular flexibility index (Phi) is 23.2. The van der Waals surface area contributed by atoms with Crippen molar-refractivity contribution < 1.29 is 57.5 Å². The number of likely N-dealkylation sites (tertiary alicyclic amines) is 1. The highest BCUT2D eigenvalue weighted by Crippen LogP contribution is 2.22. The highest BCUT2D eigenvalue weighted by Gasteiger charge is 2.40. The number of primary amides is 3. The summed E-state index contributed by atoms with van der Waals surface area (Å²) in [5.74, 6) is -8.59. The van der Waals surface area contributed by atoms with E-state index >= 15 is 0 Å². The second-order valence-corrected chi connectivity index (χ2v) is 18.8. The fourth-order valence-electron chi connectivity index (χ4n) is 7.68. The number of thioether (sulfide) groups is 1. The summed E-state index contributed by atoms with van der Waals surface area (Å²) in [5, 5.41) is 18.2. The van der Waals surface area contributed by atoms with Gasteiger partial charge in [-0.05, 0) is 67.4 Å². The Labute approximate surface area is 405 Å². The molecule has 2 aliphatic rings. The van der Waals surface area contributed by atoms with E-state index in [1.807, 2.05) is 13.8 Å². The Bertz CT molecular complexity index is 2020. The van der Waals surface area contributed by atoms with E-state index in [0.29, 0.717) is 24.2 Å². The van der Waals surface area contributed by atoms with Crippen LogP contribution in [0.2, 0.25) is 0 Å². The zero-order chi connectivity index (χ0) is 51.4. The Morgan fingerprint density at radius 1 is 0.812 bits per heavy atom. The van der Waals surface area contributed by atoms with Crippen LogP contribution < -0.4 is 59.2 Å². The Hall–Kier alpha value is -6.46. The average molecular weight is 988 g/mol. The van der Waals surface area contributed by atoms with E-state index < -0.39 is 133 Å². The Morgan fingerprint density at radius 2 is 1.46 bits per heavy atom. The molecule has 1 aromatic carbocycles. The normalized spacial score (nSPS) is 23.2. The van der Waals surface area contributed by atoms with E-state index in [-0.39, 0.29) is 62.5 Å². The van der Waals surface area contributed by atoms with Gasteiger partial charge in [-0.3, -0.25) is 52.7 Å². The molecule has 0 spiro atoms. The van der Waals surface area contributed by atoms with E-state index in [0.717, 1.165) is 0 Å².